The van der Waals surface area contributed by atoms with E-state index in [0.717, 1.165) is 27.5 Å². The Hall–Kier alpha value is -3.16. The summed E-state index contributed by atoms with van der Waals surface area (Å²) in [5, 5.41) is 13.4. The first-order chi connectivity index (χ1) is 14.8. The van der Waals surface area contributed by atoms with Crippen molar-refractivity contribution in [3.63, 3.8) is 0 Å². The summed E-state index contributed by atoms with van der Waals surface area (Å²) in [5.74, 6) is 1.05. The van der Waals surface area contributed by atoms with Gasteiger partial charge in [0.25, 0.3) is 0 Å². The van der Waals surface area contributed by atoms with Crippen molar-refractivity contribution in [2.24, 2.45) is 0 Å². The predicted octanol–water partition coefficient (Wildman–Crippen LogP) is 5.38. The van der Waals surface area contributed by atoms with Gasteiger partial charge in [-0.3, -0.25) is 4.98 Å². The summed E-state index contributed by atoms with van der Waals surface area (Å²) in [6.07, 6.45) is 1.24. The van der Waals surface area contributed by atoms with Gasteiger partial charge in [0.05, 0.1) is 0 Å². The molecule has 5 rings (SSSR count). The maximum Gasteiger partial charge on any atom is 0.247 e. The number of thioether (sulfide) groups is 1. The zero-order valence-corrected chi connectivity index (χ0v) is 17.3. The Kier molecular flexibility index (Phi) is 5.21. The van der Waals surface area contributed by atoms with Crippen molar-refractivity contribution in [3.05, 3.63) is 89.2 Å². The minimum atomic E-state index is -0.494. The Balaban J connectivity index is 1.49. The molecule has 2 aromatic heterocycles. The van der Waals surface area contributed by atoms with Crippen molar-refractivity contribution in [3.8, 4) is 17.1 Å². The van der Waals surface area contributed by atoms with Crippen LogP contribution in [0.25, 0.3) is 11.3 Å². The summed E-state index contributed by atoms with van der Waals surface area (Å²) >= 11 is 7.72. The number of rotatable bonds is 4. The van der Waals surface area contributed by atoms with Gasteiger partial charge < -0.3 is 10.1 Å². The van der Waals surface area contributed by atoms with E-state index in [1.54, 1.807) is 6.20 Å². The van der Waals surface area contributed by atoms with E-state index in [4.69, 9.17) is 16.3 Å². The van der Waals surface area contributed by atoms with Crippen LogP contribution in [0.5, 0.6) is 5.88 Å². The van der Waals surface area contributed by atoms with Crippen molar-refractivity contribution in [1.82, 2.24) is 20.2 Å². The largest absolute Gasteiger partial charge is 0.446 e. The third-order valence-electron chi connectivity index (χ3n) is 4.60. The van der Waals surface area contributed by atoms with E-state index >= 15 is 0 Å². The average Bonchev–Trinajstić information content (AvgIpc) is 2.96. The van der Waals surface area contributed by atoms with E-state index in [0.29, 0.717) is 22.5 Å². The first-order valence-electron chi connectivity index (χ1n) is 9.32. The van der Waals surface area contributed by atoms with Crippen LogP contribution in [0.2, 0.25) is 5.02 Å². The lowest BCUT2D eigenvalue weighted by molar-refractivity contribution is 0.220. The Morgan fingerprint density at radius 2 is 1.80 bits per heavy atom. The molecule has 1 atom stereocenters. The molecule has 1 aliphatic rings. The number of para-hydroxylation sites is 1. The summed E-state index contributed by atoms with van der Waals surface area (Å²) in [6, 6.07) is 21.3. The molecule has 0 amide bonds. The lowest BCUT2D eigenvalue weighted by atomic mass is 10.1. The number of fused-ring (bicyclic) bond motifs is 3. The number of benzene rings is 2. The number of nitrogens with one attached hydrogen (secondary N) is 1. The molecule has 0 radical (unpaired) electrons. The molecule has 148 valence electrons. The monoisotopic (exact) mass is 433 g/mol. The minimum Gasteiger partial charge on any atom is -0.446 e. The third-order valence-corrected chi connectivity index (χ3v) is 5.86. The standard InChI is InChI=1S/C22H16ClN5OS/c23-16-9-3-1-7-14(16)13-30-22-26-21-19(27-28-22)15-8-2-4-10-17(15)25-20(29-21)18-11-5-6-12-24-18/h1-12,20,25H,13H2. The topological polar surface area (TPSA) is 72.8 Å². The fraction of sp³-hybridized carbons (Fsp3) is 0.0909. The van der Waals surface area contributed by atoms with Gasteiger partial charge in [-0.2, -0.15) is 4.98 Å². The van der Waals surface area contributed by atoms with Crippen LogP contribution in [-0.2, 0) is 5.75 Å². The lowest BCUT2D eigenvalue weighted by Crippen LogP contribution is -2.18. The van der Waals surface area contributed by atoms with Crippen LogP contribution in [-0.4, -0.2) is 20.2 Å². The van der Waals surface area contributed by atoms with Crippen molar-refractivity contribution >= 4 is 29.1 Å². The van der Waals surface area contributed by atoms with Crippen molar-refractivity contribution in [2.75, 3.05) is 5.32 Å². The number of pyridine rings is 1. The Labute approximate surface area is 182 Å². The first-order valence-corrected chi connectivity index (χ1v) is 10.7. The van der Waals surface area contributed by atoms with Crippen LogP contribution >= 0.6 is 23.4 Å². The highest BCUT2D eigenvalue weighted by Gasteiger charge is 2.26. The molecule has 1 unspecified atom stereocenters. The first kappa shape index (κ1) is 18.8. The van der Waals surface area contributed by atoms with Crippen molar-refractivity contribution < 1.29 is 4.74 Å². The van der Waals surface area contributed by atoms with Gasteiger partial charge in [0.1, 0.15) is 5.69 Å². The van der Waals surface area contributed by atoms with Gasteiger partial charge in [0, 0.05) is 28.2 Å². The molecular weight excluding hydrogens is 418 g/mol. The second kappa shape index (κ2) is 8.30. The van der Waals surface area contributed by atoms with Crippen LogP contribution in [0.1, 0.15) is 17.5 Å². The molecule has 6 nitrogen and oxygen atoms in total. The van der Waals surface area contributed by atoms with Crippen molar-refractivity contribution in [1.29, 1.82) is 0 Å². The number of hydrogen-bond acceptors (Lipinski definition) is 7. The maximum absolute atomic E-state index is 6.26. The summed E-state index contributed by atoms with van der Waals surface area (Å²) in [7, 11) is 0. The summed E-state index contributed by atoms with van der Waals surface area (Å²) in [6.45, 7) is 0. The van der Waals surface area contributed by atoms with Gasteiger partial charge in [0.2, 0.25) is 17.3 Å². The highest BCUT2D eigenvalue weighted by molar-refractivity contribution is 7.98. The Morgan fingerprint density at radius 3 is 2.67 bits per heavy atom. The SMILES string of the molecule is Clc1ccccc1CSc1nnc2c(n1)OC(c1ccccn1)Nc1ccccc1-2. The smallest absolute Gasteiger partial charge is 0.247 e. The summed E-state index contributed by atoms with van der Waals surface area (Å²) < 4.78 is 6.22. The number of ether oxygens (including phenoxy) is 1. The number of hydrogen-bond donors (Lipinski definition) is 1. The van der Waals surface area contributed by atoms with E-state index in [-0.39, 0.29) is 0 Å². The Morgan fingerprint density at radius 1 is 0.967 bits per heavy atom. The zero-order chi connectivity index (χ0) is 20.3. The average molecular weight is 434 g/mol. The van der Waals surface area contributed by atoms with E-state index in [9.17, 15) is 0 Å². The second-order valence-electron chi connectivity index (χ2n) is 6.57. The third kappa shape index (κ3) is 3.81. The van der Waals surface area contributed by atoms with Gasteiger partial charge in [-0.1, -0.05) is 65.8 Å². The van der Waals surface area contributed by atoms with Crippen molar-refractivity contribution in [2.45, 2.75) is 17.1 Å². The van der Waals surface area contributed by atoms with Gasteiger partial charge in [-0.05, 0) is 29.8 Å². The molecule has 0 aliphatic carbocycles. The number of aromatic nitrogens is 4. The van der Waals surface area contributed by atoms with Gasteiger partial charge in [0.15, 0.2) is 5.69 Å². The maximum atomic E-state index is 6.26. The van der Waals surface area contributed by atoms with Crippen LogP contribution in [0.4, 0.5) is 5.69 Å². The van der Waals surface area contributed by atoms with Gasteiger partial charge >= 0.3 is 0 Å². The number of halogens is 1. The van der Waals surface area contributed by atoms with Crippen LogP contribution in [0, 0.1) is 0 Å². The highest BCUT2D eigenvalue weighted by Crippen LogP contribution is 2.39. The van der Waals surface area contributed by atoms with E-state index in [2.05, 4.69) is 25.5 Å². The van der Waals surface area contributed by atoms with E-state index in [1.807, 2.05) is 66.7 Å². The molecule has 4 aromatic rings. The molecule has 0 fully saturated rings. The highest BCUT2D eigenvalue weighted by atomic mass is 35.5. The minimum absolute atomic E-state index is 0.416. The summed E-state index contributed by atoms with van der Waals surface area (Å²) in [5.41, 5.74) is 4.14. The normalized spacial score (nSPS) is 14.6. The summed E-state index contributed by atoms with van der Waals surface area (Å²) in [4.78, 5) is 9.08. The molecule has 0 bridgehead atoms. The molecule has 0 spiro atoms. The molecule has 1 aliphatic heterocycles. The molecule has 30 heavy (non-hydrogen) atoms. The number of anilines is 1. The van der Waals surface area contributed by atoms with Crippen LogP contribution in [0.3, 0.4) is 0 Å². The lowest BCUT2D eigenvalue weighted by Gasteiger charge is -2.18. The number of nitrogens with zero attached hydrogens (tertiary/aromatic N) is 4. The second-order valence-corrected chi connectivity index (χ2v) is 7.92. The molecule has 8 heteroatoms. The fourth-order valence-electron chi connectivity index (χ4n) is 3.13. The molecular formula is C22H16ClN5OS. The van der Waals surface area contributed by atoms with Gasteiger partial charge in [-0.25, -0.2) is 0 Å². The Bertz CT molecular complexity index is 1190. The molecule has 0 saturated carbocycles. The van der Waals surface area contributed by atoms with E-state index in [1.165, 1.54) is 11.8 Å². The van der Waals surface area contributed by atoms with Crippen LogP contribution < -0.4 is 10.1 Å². The van der Waals surface area contributed by atoms with Crippen LogP contribution in [0.15, 0.2) is 78.1 Å². The fourth-order valence-corrected chi connectivity index (χ4v) is 4.20. The van der Waals surface area contributed by atoms with E-state index < -0.39 is 6.23 Å². The zero-order valence-electron chi connectivity index (χ0n) is 15.7. The predicted molar refractivity (Wildman–Crippen MR) is 118 cm³/mol. The molecule has 2 aromatic carbocycles. The molecule has 3 heterocycles. The molecule has 0 saturated heterocycles. The quantitative estimate of drug-likeness (QED) is 0.433. The molecule has 1 N–H and O–H groups in total. The van der Waals surface area contributed by atoms with Gasteiger partial charge in [-0.15, -0.1) is 10.2 Å².